The monoisotopic (exact) mass is 311 g/mol. The Hall–Kier alpha value is -2.89. The van der Waals surface area contributed by atoms with Gasteiger partial charge in [-0.3, -0.25) is 14.9 Å². The largest absolute Gasteiger partial charge is 0.350 e. The minimum atomic E-state index is -0.409. The first-order valence-electron chi connectivity index (χ1n) is 7.46. The van der Waals surface area contributed by atoms with Crippen molar-refractivity contribution < 1.29 is 9.72 Å². The summed E-state index contributed by atoms with van der Waals surface area (Å²) in [7, 11) is 0. The van der Waals surface area contributed by atoms with Crippen LogP contribution in [0, 0.1) is 23.0 Å². The molecule has 1 amide bonds. The van der Waals surface area contributed by atoms with Crippen LogP contribution in [0.4, 0.5) is 22.7 Å². The summed E-state index contributed by atoms with van der Waals surface area (Å²) >= 11 is 0. The average Bonchev–Trinajstić information content (AvgIpc) is 3.34. The fourth-order valence-corrected chi connectivity index (χ4v) is 2.32. The molecule has 2 aromatic carbocycles. The number of aryl methyl sites for hydroxylation is 1. The Morgan fingerprint density at radius 3 is 2.61 bits per heavy atom. The highest BCUT2D eigenvalue weighted by Crippen LogP contribution is 2.32. The van der Waals surface area contributed by atoms with Crippen molar-refractivity contribution in [3.8, 4) is 0 Å². The summed E-state index contributed by atoms with van der Waals surface area (Å²) in [5, 5.41) is 17.1. The van der Waals surface area contributed by atoms with Gasteiger partial charge in [-0.1, -0.05) is 12.1 Å². The molecule has 1 fully saturated rings. The van der Waals surface area contributed by atoms with Gasteiger partial charge in [-0.25, -0.2) is 0 Å². The number of benzene rings is 2. The fraction of sp³-hybridized carbons (Fsp3) is 0.235. The van der Waals surface area contributed by atoms with Crippen LogP contribution in [0.25, 0.3) is 0 Å². The molecule has 0 bridgehead atoms. The number of hydrogen-bond acceptors (Lipinski definition) is 4. The standard InChI is InChI=1S/C17H17N3O3/c1-11-5-8-15(16(9-11)20(22)23)18-13-3-2-4-14(10-13)19-17(21)12-6-7-12/h2-5,8-10,12,18H,6-7H2,1H3,(H,19,21). The number of amides is 1. The van der Waals surface area contributed by atoms with Crippen molar-refractivity contribution in [3.05, 3.63) is 58.1 Å². The van der Waals surface area contributed by atoms with Gasteiger partial charge in [0.25, 0.3) is 5.69 Å². The second-order valence-corrected chi connectivity index (χ2v) is 5.75. The molecular formula is C17H17N3O3. The molecule has 0 radical (unpaired) electrons. The molecule has 0 aromatic heterocycles. The van der Waals surface area contributed by atoms with Gasteiger partial charge in [0.15, 0.2) is 0 Å². The van der Waals surface area contributed by atoms with Crippen LogP contribution in [0.15, 0.2) is 42.5 Å². The van der Waals surface area contributed by atoms with Crippen molar-refractivity contribution in [2.75, 3.05) is 10.6 Å². The zero-order valence-corrected chi connectivity index (χ0v) is 12.7. The number of carbonyl (C=O) groups excluding carboxylic acids is 1. The molecule has 6 heteroatoms. The Morgan fingerprint density at radius 2 is 1.91 bits per heavy atom. The molecule has 6 nitrogen and oxygen atoms in total. The molecule has 1 saturated carbocycles. The molecule has 2 N–H and O–H groups in total. The Morgan fingerprint density at radius 1 is 1.17 bits per heavy atom. The summed E-state index contributed by atoms with van der Waals surface area (Å²) in [5.74, 6) is 0.160. The van der Waals surface area contributed by atoms with E-state index in [1.165, 1.54) is 6.07 Å². The molecule has 0 heterocycles. The predicted molar refractivity (Wildman–Crippen MR) is 88.9 cm³/mol. The van der Waals surface area contributed by atoms with E-state index < -0.39 is 4.92 Å². The Labute approximate surface area is 133 Å². The molecule has 1 aliphatic rings. The van der Waals surface area contributed by atoms with Gasteiger partial charge in [0.05, 0.1) is 4.92 Å². The van der Waals surface area contributed by atoms with E-state index in [1.807, 2.05) is 13.0 Å². The average molecular weight is 311 g/mol. The van der Waals surface area contributed by atoms with Crippen LogP contribution in [0.2, 0.25) is 0 Å². The van der Waals surface area contributed by atoms with Crippen LogP contribution in [-0.2, 0) is 4.79 Å². The second kappa shape index (κ2) is 6.08. The maximum absolute atomic E-state index is 11.8. The number of hydrogen-bond donors (Lipinski definition) is 2. The summed E-state index contributed by atoms with van der Waals surface area (Å²) < 4.78 is 0. The van der Waals surface area contributed by atoms with E-state index >= 15 is 0 Å². The normalized spacial score (nSPS) is 13.4. The van der Waals surface area contributed by atoms with Crippen LogP contribution < -0.4 is 10.6 Å². The highest BCUT2D eigenvalue weighted by atomic mass is 16.6. The topological polar surface area (TPSA) is 84.3 Å². The molecule has 0 aliphatic heterocycles. The zero-order valence-electron chi connectivity index (χ0n) is 12.7. The van der Waals surface area contributed by atoms with E-state index in [2.05, 4.69) is 10.6 Å². The number of nitrogens with zero attached hydrogens (tertiary/aromatic N) is 1. The molecule has 0 unspecified atom stereocenters. The van der Waals surface area contributed by atoms with Crippen LogP contribution in [0.1, 0.15) is 18.4 Å². The Bertz CT molecular complexity index is 769. The van der Waals surface area contributed by atoms with E-state index in [0.29, 0.717) is 17.1 Å². The summed E-state index contributed by atoms with van der Waals surface area (Å²) in [4.78, 5) is 22.6. The summed E-state index contributed by atoms with van der Waals surface area (Å²) in [6.45, 7) is 1.81. The van der Waals surface area contributed by atoms with Crippen LogP contribution in [0.3, 0.4) is 0 Å². The first-order chi connectivity index (χ1) is 11.0. The van der Waals surface area contributed by atoms with Gasteiger partial charge in [0.1, 0.15) is 5.69 Å². The predicted octanol–water partition coefficient (Wildman–Crippen LogP) is 4.00. The Kier molecular flexibility index (Phi) is 3.97. The van der Waals surface area contributed by atoms with Crippen molar-refractivity contribution in [1.82, 2.24) is 0 Å². The highest BCUT2D eigenvalue weighted by Gasteiger charge is 2.29. The van der Waals surface area contributed by atoms with E-state index in [4.69, 9.17) is 0 Å². The van der Waals surface area contributed by atoms with Gasteiger partial charge in [-0.05, 0) is 49.6 Å². The van der Waals surface area contributed by atoms with Gasteiger partial charge in [-0.2, -0.15) is 0 Å². The smallest absolute Gasteiger partial charge is 0.292 e. The van der Waals surface area contributed by atoms with Crippen molar-refractivity contribution in [1.29, 1.82) is 0 Å². The Balaban J connectivity index is 1.80. The lowest BCUT2D eigenvalue weighted by Crippen LogP contribution is -2.13. The third-order valence-corrected chi connectivity index (χ3v) is 3.71. The van der Waals surface area contributed by atoms with Crippen molar-refractivity contribution in [2.45, 2.75) is 19.8 Å². The first-order valence-corrected chi connectivity index (χ1v) is 7.46. The third kappa shape index (κ3) is 3.66. The lowest BCUT2D eigenvalue weighted by Gasteiger charge is -2.10. The van der Waals surface area contributed by atoms with Gasteiger partial charge in [0.2, 0.25) is 5.91 Å². The number of nitro groups is 1. The van der Waals surface area contributed by atoms with Gasteiger partial charge >= 0.3 is 0 Å². The molecule has 1 aliphatic carbocycles. The maximum Gasteiger partial charge on any atom is 0.292 e. The van der Waals surface area contributed by atoms with Gasteiger partial charge < -0.3 is 10.6 Å². The van der Waals surface area contributed by atoms with Crippen molar-refractivity contribution >= 4 is 28.7 Å². The SMILES string of the molecule is Cc1ccc(Nc2cccc(NC(=O)C3CC3)c2)c([N+](=O)[O-])c1. The van der Waals surface area contributed by atoms with Crippen LogP contribution >= 0.6 is 0 Å². The highest BCUT2D eigenvalue weighted by molar-refractivity contribution is 5.94. The number of nitro benzene ring substituents is 1. The maximum atomic E-state index is 11.8. The number of anilines is 3. The molecule has 0 saturated heterocycles. The number of carbonyl (C=O) groups is 1. The molecule has 2 aromatic rings. The third-order valence-electron chi connectivity index (χ3n) is 3.71. The van der Waals surface area contributed by atoms with E-state index in [-0.39, 0.29) is 17.5 Å². The summed E-state index contributed by atoms with van der Waals surface area (Å²) in [6.07, 6.45) is 1.89. The van der Waals surface area contributed by atoms with Gasteiger partial charge in [-0.15, -0.1) is 0 Å². The second-order valence-electron chi connectivity index (χ2n) is 5.75. The molecular weight excluding hydrogens is 294 g/mol. The minimum Gasteiger partial charge on any atom is -0.350 e. The molecule has 0 atom stereocenters. The van der Waals surface area contributed by atoms with E-state index in [9.17, 15) is 14.9 Å². The van der Waals surface area contributed by atoms with E-state index in [0.717, 1.165) is 18.4 Å². The minimum absolute atomic E-state index is 0.0254. The number of rotatable bonds is 5. The van der Waals surface area contributed by atoms with E-state index in [1.54, 1.807) is 30.3 Å². The number of nitrogens with one attached hydrogen (secondary N) is 2. The quantitative estimate of drug-likeness (QED) is 0.646. The van der Waals surface area contributed by atoms with Crippen molar-refractivity contribution in [3.63, 3.8) is 0 Å². The molecule has 0 spiro atoms. The molecule has 23 heavy (non-hydrogen) atoms. The lowest BCUT2D eigenvalue weighted by molar-refractivity contribution is -0.384. The summed E-state index contributed by atoms with van der Waals surface area (Å²) in [5.41, 5.74) is 2.64. The molecule has 118 valence electrons. The summed E-state index contributed by atoms with van der Waals surface area (Å²) in [6, 6.07) is 12.2. The molecule has 3 rings (SSSR count). The zero-order chi connectivity index (χ0) is 16.4. The lowest BCUT2D eigenvalue weighted by atomic mass is 10.2. The van der Waals surface area contributed by atoms with Crippen molar-refractivity contribution in [2.24, 2.45) is 5.92 Å². The first kappa shape index (κ1) is 15.0. The fourth-order valence-electron chi connectivity index (χ4n) is 2.32. The van der Waals surface area contributed by atoms with Crippen LogP contribution in [0.5, 0.6) is 0 Å². The van der Waals surface area contributed by atoms with Gasteiger partial charge in [0, 0.05) is 23.4 Å². The van der Waals surface area contributed by atoms with Crippen LogP contribution in [-0.4, -0.2) is 10.8 Å².